The molecule has 2 nitrogen and oxygen atoms in total. The van der Waals surface area contributed by atoms with E-state index in [9.17, 15) is 0 Å². The molecule has 0 saturated carbocycles. The van der Waals surface area contributed by atoms with Crippen molar-refractivity contribution >= 4 is 0 Å². The normalized spacial score (nSPS) is 14.3. The van der Waals surface area contributed by atoms with Gasteiger partial charge in [0.15, 0.2) is 0 Å². The summed E-state index contributed by atoms with van der Waals surface area (Å²) in [7, 11) is 0. The summed E-state index contributed by atoms with van der Waals surface area (Å²) in [6.45, 7) is 11.1. The van der Waals surface area contributed by atoms with Crippen LogP contribution in [-0.2, 0) is 6.42 Å². The Morgan fingerprint density at radius 1 is 1.10 bits per heavy atom. The number of hydrogen-bond acceptors (Lipinski definition) is 2. The molecular formula is C18H32N2. The fourth-order valence-electron chi connectivity index (χ4n) is 3.27. The van der Waals surface area contributed by atoms with Crippen molar-refractivity contribution in [3.05, 3.63) is 34.4 Å². The van der Waals surface area contributed by atoms with E-state index in [1.807, 2.05) is 0 Å². The Labute approximate surface area is 125 Å². The first-order chi connectivity index (χ1) is 9.53. The van der Waals surface area contributed by atoms with Crippen LogP contribution in [0.15, 0.2) is 12.1 Å². The third-order valence-electron chi connectivity index (χ3n) is 4.50. The molecule has 0 aromatic heterocycles. The van der Waals surface area contributed by atoms with Crippen LogP contribution in [0.1, 0.15) is 61.8 Å². The highest BCUT2D eigenvalue weighted by Gasteiger charge is 2.20. The fourth-order valence-corrected chi connectivity index (χ4v) is 3.27. The van der Waals surface area contributed by atoms with E-state index >= 15 is 0 Å². The lowest BCUT2D eigenvalue weighted by atomic mass is 9.85. The zero-order valence-electron chi connectivity index (χ0n) is 13.9. The Morgan fingerprint density at radius 2 is 1.70 bits per heavy atom. The monoisotopic (exact) mass is 276 g/mol. The van der Waals surface area contributed by atoms with Gasteiger partial charge in [0.05, 0.1) is 0 Å². The first-order valence-corrected chi connectivity index (χ1v) is 8.06. The van der Waals surface area contributed by atoms with Gasteiger partial charge in [0.25, 0.3) is 0 Å². The molecule has 2 atom stereocenters. The van der Waals surface area contributed by atoms with E-state index < -0.39 is 0 Å². The summed E-state index contributed by atoms with van der Waals surface area (Å²) in [6.07, 6.45) is 6.06. The Balaban J connectivity index is 2.87. The van der Waals surface area contributed by atoms with Gasteiger partial charge in [0.2, 0.25) is 0 Å². The van der Waals surface area contributed by atoms with Crippen LogP contribution < -0.4 is 11.3 Å². The molecule has 1 aromatic rings. The number of hydrogen-bond donors (Lipinski definition) is 2. The Morgan fingerprint density at radius 3 is 2.15 bits per heavy atom. The van der Waals surface area contributed by atoms with Crippen LogP contribution in [0.2, 0.25) is 0 Å². The van der Waals surface area contributed by atoms with Gasteiger partial charge in [-0.15, -0.1) is 0 Å². The van der Waals surface area contributed by atoms with Gasteiger partial charge in [0.1, 0.15) is 0 Å². The molecule has 0 aliphatic heterocycles. The first-order valence-electron chi connectivity index (χ1n) is 8.06. The number of benzene rings is 1. The number of rotatable bonds is 8. The van der Waals surface area contributed by atoms with Gasteiger partial charge in [-0.25, -0.2) is 0 Å². The minimum Gasteiger partial charge on any atom is -0.271 e. The number of hydrazine groups is 1. The molecular weight excluding hydrogens is 244 g/mol. The lowest BCUT2D eigenvalue weighted by Gasteiger charge is -2.27. The minimum atomic E-state index is 0.381. The predicted molar refractivity (Wildman–Crippen MR) is 88.8 cm³/mol. The maximum absolute atomic E-state index is 5.85. The molecule has 0 heterocycles. The summed E-state index contributed by atoms with van der Waals surface area (Å²) in [5.41, 5.74) is 8.68. The molecule has 0 bridgehead atoms. The molecule has 0 aliphatic rings. The lowest BCUT2D eigenvalue weighted by molar-refractivity contribution is 0.318. The van der Waals surface area contributed by atoms with Gasteiger partial charge < -0.3 is 0 Å². The molecule has 0 radical (unpaired) electrons. The van der Waals surface area contributed by atoms with Crippen molar-refractivity contribution in [3.8, 4) is 0 Å². The van der Waals surface area contributed by atoms with Crippen LogP contribution in [-0.4, -0.2) is 6.04 Å². The van der Waals surface area contributed by atoms with Crippen molar-refractivity contribution in [2.45, 2.75) is 72.8 Å². The summed E-state index contributed by atoms with van der Waals surface area (Å²) in [5.74, 6) is 6.52. The summed E-state index contributed by atoms with van der Waals surface area (Å²) < 4.78 is 0. The molecule has 1 rings (SSSR count). The maximum atomic E-state index is 5.85. The van der Waals surface area contributed by atoms with E-state index in [0.717, 1.165) is 6.42 Å². The fraction of sp³-hybridized carbons (Fsp3) is 0.667. The number of nitrogens with two attached hydrogens (primary N) is 1. The summed E-state index contributed by atoms with van der Waals surface area (Å²) in [4.78, 5) is 0. The summed E-state index contributed by atoms with van der Waals surface area (Å²) in [5, 5.41) is 0. The summed E-state index contributed by atoms with van der Waals surface area (Å²) >= 11 is 0. The Bertz CT molecular complexity index is 389. The average molecular weight is 276 g/mol. The van der Waals surface area contributed by atoms with E-state index in [1.165, 1.54) is 47.9 Å². The molecule has 1 aromatic carbocycles. The third-order valence-corrected chi connectivity index (χ3v) is 4.50. The maximum Gasteiger partial charge on any atom is 0.0279 e. The highest BCUT2D eigenvalue weighted by atomic mass is 15.2. The van der Waals surface area contributed by atoms with Gasteiger partial charge >= 0.3 is 0 Å². The lowest BCUT2D eigenvalue weighted by Crippen LogP contribution is -2.42. The van der Waals surface area contributed by atoms with Crippen molar-refractivity contribution in [2.75, 3.05) is 0 Å². The van der Waals surface area contributed by atoms with Crippen LogP contribution in [0.25, 0.3) is 0 Å². The molecule has 0 aliphatic carbocycles. The van der Waals surface area contributed by atoms with Crippen LogP contribution in [0.5, 0.6) is 0 Å². The minimum absolute atomic E-state index is 0.381. The third kappa shape index (κ3) is 4.60. The number of nitrogens with one attached hydrogen (secondary N) is 1. The zero-order chi connectivity index (χ0) is 15.1. The van der Waals surface area contributed by atoms with E-state index in [-0.39, 0.29) is 0 Å². The number of unbranched alkanes of at least 4 members (excludes halogenated alkanes) is 1. The quantitative estimate of drug-likeness (QED) is 0.551. The SMILES string of the molecule is CCCCC(CC)C(Cc1c(C)cc(C)cc1C)NN. The largest absolute Gasteiger partial charge is 0.271 e. The second-order valence-corrected chi connectivity index (χ2v) is 6.17. The van der Waals surface area contributed by atoms with Crippen molar-refractivity contribution in [3.63, 3.8) is 0 Å². The first kappa shape index (κ1) is 17.2. The molecule has 0 saturated heterocycles. The van der Waals surface area contributed by atoms with Crippen LogP contribution >= 0.6 is 0 Å². The zero-order valence-corrected chi connectivity index (χ0v) is 13.9. The Hall–Kier alpha value is -0.860. The molecule has 2 unspecified atom stereocenters. The van der Waals surface area contributed by atoms with Gasteiger partial charge in [-0.2, -0.15) is 0 Å². The smallest absolute Gasteiger partial charge is 0.0279 e. The second kappa shape index (κ2) is 8.43. The van der Waals surface area contributed by atoms with Gasteiger partial charge in [-0.3, -0.25) is 11.3 Å². The molecule has 3 N–H and O–H groups in total. The van der Waals surface area contributed by atoms with Crippen LogP contribution in [0.3, 0.4) is 0 Å². The van der Waals surface area contributed by atoms with E-state index in [0.29, 0.717) is 12.0 Å². The van der Waals surface area contributed by atoms with Gasteiger partial charge in [-0.1, -0.05) is 50.8 Å². The van der Waals surface area contributed by atoms with E-state index in [2.05, 4.69) is 52.2 Å². The molecule has 20 heavy (non-hydrogen) atoms. The van der Waals surface area contributed by atoms with Gasteiger partial charge in [-0.05, 0) is 56.2 Å². The van der Waals surface area contributed by atoms with E-state index in [1.54, 1.807) is 0 Å². The molecule has 2 heteroatoms. The Kier molecular flexibility index (Phi) is 7.25. The highest BCUT2D eigenvalue weighted by Crippen LogP contribution is 2.24. The standard InChI is InChI=1S/C18H32N2/c1-6-8-9-16(7-2)18(20-19)12-17-14(4)10-13(3)11-15(17)5/h10-11,16,18,20H,6-9,12,19H2,1-5H3. The molecule has 114 valence electrons. The van der Waals surface area contributed by atoms with E-state index in [4.69, 9.17) is 5.84 Å². The molecule has 0 spiro atoms. The van der Waals surface area contributed by atoms with Crippen LogP contribution in [0, 0.1) is 26.7 Å². The van der Waals surface area contributed by atoms with Crippen molar-refractivity contribution in [1.29, 1.82) is 0 Å². The second-order valence-electron chi connectivity index (χ2n) is 6.17. The van der Waals surface area contributed by atoms with Gasteiger partial charge in [0, 0.05) is 6.04 Å². The summed E-state index contributed by atoms with van der Waals surface area (Å²) in [6, 6.07) is 4.94. The topological polar surface area (TPSA) is 38.0 Å². The van der Waals surface area contributed by atoms with Crippen molar-refractivity contribution < 1.29 is 0 Å². The average Bonchev–Trinajstić information content (AvgIpc) is 2.40. The van der Waals surface area contributed by atoms with Crippen LogP contribution in [0.4, 0.5) is 0 Å². The predicted octanol–water partition coefficient (Wildman–Crippen LogP) is 4.20. The van der Waals surface area contributed by atoms with Crippen molar-refractivity contribution in [1.82, 2.24) is 5.43 Å². The molecule has 0 amide bonds. The number of aryl methyl sites for hydroxylation is 3. The highest BCUT2D eigenvalue weighted by molar-refractivity contribution is 5.38. The van der Waals surface area contributed by atoms with Crippen molar-refractivity contribution in [2.24, 2.45) is 11.8 Å². The molecule has 0 fully saturated rings.